The summed E-state index contributed by atoms with van der Waals surface area (Å²) in [5, 5.41) is 16.7. The van der Waals surface area contributed by atoms with E-state index in [0.717, 1.165) is 25.2 Å². The van der Waals surface area contributed by atoms with Crippen molar-refractivity contribution < 1.29 is 5.11 Å². The van der Waals surface area contributed by atoms with Crippen molar-refractivity contribution in [3.63, 3.8) is 0 Å². The van der Waals surface area contributed by atoms with Crippen LogP contribution in [0.4, 0.5) is 0 Å². The van der Waals surface area contributed by atoms with Crippen LogP contribution in [0.15, 0.2) is 18.6 Å². The molecule has 2 rings (SSSR count). The number of aryl methyl sites for hydroxylation is 1. The summed E-state index contributed by atoms with van der Waals surface area (Å²) < 4.78 is 4.31. The van der Waals surface area contributed by atoms with E-state index >= 15 is 0 Å². The number of nitrogens with zero attached hydrogens (tertiary/aromatic N) is 4. The molecular weight excluding hydrogens is 226 g/mol. The summed E-state index contributed by atoms with van der Waals surface area (Å²) in [5.41, 5.74) is 0.809. The first-order chi connectivity index (χ1) is 7.81. The molecule has 0 radical (unpaired) electrons. The van der Waals surface area contributed by atoms with Gasteiger partial charge in [0, 0.05) is 25.5 Å². The molecule has 0 bridgehead atoms. The van der Waals surface area contributed by atoms with Crippen LogP contribution in [0, 0.1) is 4.77 Å². The van der Waals surface area contributed by atoms with E-state index in [0.29, 0.717) is 4.77 Å². The number of aromatic amines is 1. The lowest BCUT2D eigenvalue weighted by molar-refractivity contribution is 0.269. The summed E-state index contributed by atoms with van der Waals surface area (Å²) in [6.45, 7) is 1.55. The maximum absolute atomic E-state index is 9.10. The number of aromatic nitrogens is 5. The third kappa shape index (κ3) is 2.37. The predicted molar refractivity (Wildman–Crippen MR) is 60.2 cm³/mol. The van der Waals surface area contributed by atoms with Crippen molar-refractivity contribution in [1.82, 2.24) is 24.5 Å². The molecule has 2 heterocycles. The van der Waals surface area contributed by atoms with E-state index in [1.54, 1.807) is 17.1 Å². The highest BCUT2D eigenvalue weighted by molar-refractivity contribution is 7.71. The minimum atomic E-state index is -0.00351. The lowest BCUT2D eigenvalue weighted by Crippen LogP contribution is -2.07. The van der Waals surface area contributed by atoms with Crippen molar-refractivity contribution in [1.29, 1.82) is 0 Å². The minimum absolute atomic E-state index is 0.00351. The maximum Gasteiger partial charge on any atom is 0.177 e. The Hall–Kier alpha value is -1.47. The van der Waals surface area contributed by atoms with Crippen molar-refractivity contribution in [2.75, 3.05) is 0 Å². The van der Waals surface area contributed by atoms with Gasteiger partial charge in [-0.2, -0.15) is 0 Å². The predicted octanol–water partition coefficient (Wildman–Crippen LogP) is 0.720. The average Bonchev–Trinajstić information content (AvgIpc) is 2.90. The molecule has 0 fully saturated rings. The van der Waals surface area contributed by atoms with E-state index in [9.17, 15) is 0 Å². The Kier molecular flexibility index (Phi) is 3.47. The van der Waals surface area contributed by atoms with Gasteiger partial charge in [-0.3, -0.25) is 4.68 Å². The van der Waals surface area contributed by atoms with Gasteiger partial charge in [0.15, 0.2) is 4.77 Å². The quantitative estimate of drug-likeness (QED) is 0.754. The van der Waals surface area contributed by atoms with Crippen LogP contribution in [0.25, 0.3) is 0 Å². The third-order valence-electron chi connectivity index (χ3n) is 2.36. The molecule has 0 aliphatic heterocycles. The van der Waals surface area contributed by atoms with Crippen molar-refractivity contribution >= 4 is 12.2 Å². The second-order valence-electron chi connectivity index (χ2n) is 3.41. The molecule has 0 aliphatic rings. The summed E-state index contributed by atoms with van der Waals surface area (Å²) in [6.07, 6.45) is 6.10. The molecule has 86 valence electrons. The third-order valence-corrected chi connectivity index (χ3v) is 2.70. The molecule has 0 saturated heterocycles. The topological polar surface area (TPSA) is 71.7 Å². The van der Waals surface area contributed by atoms with Gasteiger partial charge in [0.1, 0.15) is 0 Å². The summed E-state index contributed by atoms with van der Waals surface area (Å²) in [7, 11) is 0. The fraction of sp³-hybridized carbons (Fsp3) is 0.444. The summed E-state index contributed by atoms with van der Waals surface area (Å²) in [5.74, 6) is 0. The van der Waals surface area contributed by atoms with Crippen molar-refractivity contribution in [3.05, 3.63) is 29.1 Å². The zero-order valence-corrected chi connectivity index (χ0v) is 9.52. The zero-order chi connectivity index (χ0) is 11.4. The number of aliphatic hydroxyl groups is 1. The lowest BCUT2D eigenvalue weighted by atomic mass is 10.4. The SMILES string of the molecule is OCc1c[nH]c(=S)n1CCCn1ccnn1. The van der Waals surface area contributed by atoms with Gasteiger partial charge in [-0.15, -0.1) is 5.10 Å². The Bertz CT molecular complexity index is 486. The monoisotopic (exact) mass is 239 g/mol. The first-order valence-electron chi connectivity index (χ1n) is 5.03. The van der Waals surface area contributed by atoms with Gasteiger partial charge in [-0.05, 0) is 18.6 Å². The number of H-pyrrole nitrogens is 1. The van der Waals surface area contributed by atoms with Crippen LogP contribution in [0.1, 0.15) is 12.1 Å². The van der Waals surface area contributed by atoms with E-state index in [2.05, 4.69) is 15.3 Å². The second kappa shape index (κ2) is 5.04. The van der Waals surface area contributed by atoms with Gasteiger partial charge in [0.05, 0.1) is 18.5 Å². The number of imidazole rings is 1. The Morgan fingerprint density at radius 1 is 1.44 bits per heavy atom. The normalized spacial score (nSPS) is 10.8. The van der Waals surface area contributed by atoms with Crippen molar-refractivity contribution in [2.24, 2.45) is 0 Å². The molecule has 0 atom stereocenters. The summed E-state index contributed by atoms with van der Waals surface area (Å²) >= 11 is 5.11. The largest absolute Gasteiger partial charge is 0.390 e. The molecule has 7 heteroatoms. The van der Waals surface area contributed by atoms with Gasteiger partial charge in [-0.25, -0.2) is 0 Å². The molecule has 0 spiro atoms. The highest BCUT2D eigenvalue weighted by atomic mass is 32.1. The molecule has 2 aromatic rings. The van der Waals surface area contributed by atoms with Crippen LogP contribution < -0.4 is 0 Å². The summed E-state index contributed by atoms with van der Waals surface area (Å²) in [6, 6.07) is 0. The first kappa shape index (κ1) is 11.0. The highest BCUT2D eigenvalue weighted by Gasteiger charge is 2.02. The molecule has 0 amide bonds. The molecule has 0 aromatic carbocycles. The Morgan fingerprint density at radius 3 is 3.00 bits per heavy atom. The molecule has 0 saturated carbocycles. The number of hydrogen-bond acceptors (Lipinski definition) is 4. The Balaban J connectivity index is 1.94. The summed E-state index contributed by atoms with van der Waals surface area (Å²) in [4.78, 5) is 2.91. The Morgan fingerprint density at radius 2 is 2.31 bits per heavy atom. The zero-order valence-electron chi connectivity index (χ0n) is 8.70. The van der Waals surface area contributed by atoms with E-state index < -0.39 is 0 Å². The molecule has 2 aromatic heterocycles. The van der Waals surface area contributed by atoms with E-state index in [4.69, 9.17) is 17.3 Å². The van der Waals surface area contributed by atoms with Crippen LogP contribution in [-0.4, -0.2) is 29.7 Å². The van der Waals surface area contributed by atoms with Gasteiger partial charge in [-0.1, -0.05) is 5.21 Å². The van der Waals surface area contributed by atoms with Crippen LogP contribution in [-0.2, 0) is 19.7 Å². The molecule has 6 nitrogen and oxygen atoms in total. The van der Waals surface area contributed by atoms with Gasteiger partial charge in [0.2, 0.25) is 0 Å². The average molecular weight is 239 g/mol. The Labute approximate surface area is 97.5 Å². The number of rotatable bonds is 5. The first-order valence-corrected chi connectivity index (χ1v) is 5.44. The fourth-order valence-electron chi connectivity index (χ4n) is 1.55. The smallest absolute Gasteiger partial charge is 0.177 e. The van der Waals surface area contributed by atoms with E-state index in [1.807, 2.05) is 10.8 Å². The van der Waals surface area contributed by atoms with Crippen molar-refractivity contribution in [2.45, 2.75) is 26.1 Å². The van der Waals surface area contributed by atoms with Gasteiger partial charge in [0.25, 0.3) is 0 Å². The fourth-order valence-corrected chi connectivity index (χ4v) is 1.82. The maximum atomic E-state index is 9.10. The van der Waals surface area contributed by atoms with Gasteiger partial charge < -0.3 is 14.7 Å². The standard InChI is InChI=1S/C9H13N5OS/c15-7-8-6-10-9(16)14(8)4-1-3-13-5-2-11-12-13/h2,5-6,15H,1,3-4,7H2,(H,10,16). The lowest BCUT2D eigenvalue weighted by Gasteiger charge is -2.06. The van der Waals surface area contributed by atoms with E-state index in [1.165, 1.54) is 0 Å². The highest BCUT2D eigenvalue weighted by Crippen LogP contribution is 2.03. The van der Waals surface area contributed by atoms with E-state index in [-0.39, 0.29) is 6.61 Å². The number of aliphatic hydroxyl groups excluding tert-OH is 1. The van der Waals surface area contributed by atoms with Crippen LogP contribution >= 0.6 is 12.2 Å². The second-order valence-corrected chi connectivity index (χ2v) is 3.80. The molecule has 0 unspecified atom stereocenters. The van der Waals surface area contributed by atoms with Crippen LogP contribution in [0.3, 0.4) is 0 Å². The van der Waals surface area contributed by atoms with Crippen molar-refractivity contribution in [3.8, 4) is 0 Å². The minimum Gasteiger partial charge on any atom is -0.390 e. The van der Waals surface area contributed by atoms with Gasteiger partial charge >= 0.3 is 0 Å². The van der Waals surface area contributed by atoms with Crippen LogP contribution in [0.2, 0.25) is 0 Å². The molecule has 0 aliphatic carbocycles. The molecule has 16 heavy (non-hydrogen) atoms. The van der Waals surface area contributed by atoms with Crippen LogP contribution in [0.5, 0.6) is 0 Å². The molecular formula is C9H13N5OS. The molecule has 2 N–H and O–H groups in total. The number of nitrogens with one attached hydrogen (secondary N) is 1. The number of hydrogen-bond donors (Lipinski definition) is 2.